The molecule has 22 heavy (non-hydrogen) atoms. The van der Waals surface area contributed by atoms with Crippen LogP contribution in [0.2, 0.25) is 0 Å². The van der Waals surface area contributed by atoms with Gasteiger partial charge in [0.1, 0.15) is 11.8 Å². The molecule has 0 fully saturated rings. The number of nitrogens with zero attached hydrogens (tertiary/aromatic N) is 2. The van der Waals surface area contributed by atoms with Gasteiger partial charge in [0.25, 0.3) is 0 Å². The van der Waals surface area contributed by atoms with E-state index < -0.39 is 17.3 Å². The summed E-state index contributed by atoms with van der Waals surface area (Å²) in [7, 11) is 0. The van der Waals surface area contributed by atoms with Crippen LogP contribution in [0.5, 0.6) is 0 Å². The Morgan fingerprint density at radius 2 is 1.77 bits per heavy atom. The molecule has 1 atom stereocenters. The van der Waals surface area contributed by atoms with Gasteiger partial charge in [0.2, 0.25) is 0 Å². The van der Waals surface area contributed by atoms with Crippen molar-refractivity contribution in [2.75, 3.05) is 0 Å². The Hall–Kier alpha value is -2.73. The van der Waals surface area contributed by atoms with Crippen molar-refractivity contribution in [2.24, 2.45) is 0 Å². The molecule has 0 saturated carbocycles. The van der Waals surface area contributed by atoms with Crippen LogP contribution in [0.4, 0.5) is 13.2 Å². The molecule has 1 heterocycles. The lowest BCUT2D eigenvalue weighted by Crippen LogP contribution is -2.23. The van der Waals surface area contributed by atoms with Gasteiger partial charge in [-0.15, -0.1) is 0 Å². The van der Waals surface area contributed by atoms with Crippen molar-refractivity contribution in [1.82, 2.24) is 0 Å². The Labute approximate surface area is 125 Å². The smallest absolute Gasteiger partial charge is 0.416 e. The normalized spacial score (nSPS) is 23.1. The zero-order chi connectivity index (χ0) is 16.5. The molecular formula is C16H11F3N2O. The highest BCUT2D eigenvalue weighted by atomic mass is 19.4. The monoisotopic (exact) mass is 304 g/mol. The van der Waals surface area contributed by atoms with E-state index in [2.05, 4.69) is 0 Å². The first-order valence-electron chi connectivity index (χ1n) is 6.32. The number of allylic oxidation sites excluding steroid dienone is 2. The Morgan fingerprint density at radius 1 is 1.18 bits per heavy atom. The Kier molecular flexibility index (Phi) is 3.72. The van der Waals surface area contributed by atoms with Gasteiger partial charge in [0, 0.05) is 0 Å². The van der Waals surface area contributed by atoms with Gasteiger partial charge < -0.3 is 4.74 Å². The minimum Gasteiger partial charge on any atom is -0.476 e. The third-order valence-corrected chi connectivity index (χ3v) is 3.72. The zero-order valence-electron chi connectivity index (χ0n) is 11.8. The van der Waals surface area contributed by atoms with Crippen LogP contribution in [0, 0.1) is 22.7 Å². The van der Waals surface area contributed by atoms with Crippen LogP contribution in [-0.4, -0.2) is 0 Å². The number of hydrogen-bond donors (Lipinski definition) is 0. The van der Waals surface area contributed by atoms with Crippen molar-refractivity contribution in [3.63, 3.8) is 0 Å². The molecule has 1 aliphatic rings. The van der Waals surface area contributed by atoms with Crippen molar-refractivity contribution in [2.45, 2.75) is 25.6 Å². The molecule has 1 aromatic rings. The minimum absolute atomic E-state index is 0.130. The molecule has 1 unspecified atom stereocenters. The van der Waals surface area contributed by atoms with Gasteiger partial charge in [-0.2, -0.15) is 23.7 Å². The average Bonchev–Trinajstić information content (AvgIpc) is 2.71. The zero-order valence-corrected chi connectivity index (χ0v) is 11.8. The molecule has 6 heteroatoms. The third-order valence-electron chi connectivity index (χ3n) is 3.72. The molecule has 0 bridgehead atoms. The molecule has 0 saturated heterocycles. The molecule has 0 amide bonds. The van der Waals surface area contributed by atoms with Crippen molar-refractivity contribution in [3.05, 3.63) is 58.4 Å². The standard InChI is InChI=1S/C16H11F3N2O/c1-10-13(9-21)14(7-8-20)22-15(10,2)11-3-5-12(6-4-11)16(17,18)19/h3-7H,1-2H3/b14-7+. The maximum atomic E-state index is 12.6. The van der Waals surface area contributed by atoms with Gasteiger partial charge in [0.15, 0.2) is 5.60 Å². The Balaban J connectivity index is 2.49. The van der Waals surface area contributed by atoms with E-state index in [0.29, 0.717) is 11.1 Å². The fourth-order valence-electron chi connectivity index (χ4n) is 2.32. The SMILES string of the molecule is CC1=C(C#N)/C(=C\C#N)OC1(C)c1ccc(C(F)(F)F)cc1. The summed E-state index contributed by atoms with van der Waals surface area (Å²) in [5.41, 5.74) is -0.571. The highest BCUT2D eigenvalue weighted by molar-refractivity contribution is 5.53. The lowest BCUT2D eigenvalue weighted by molar-refractivity contribution is -0.137. The Bertz CT molecular complexity index is 746. The van der Waals surface area contributed by atoms with Crippen LogP contribution < -0.4 is 0 Å². The van der Waals surface area contributed by atoms with Gasteiger partial charge in [-0.1, -0.05) is 12.1 Å². The highest BCUT2D eigenvalue weighted by Crippen LogP contribution is 2.45. The maximum absolute atomic E-state index is 12.6. The van der Waals surface area contributed by atoms with Gasteiger partial charge in [-0.25, -0.2) is 0 Å². The van der Waals surface area contributed by atoms with E-state index in [4.69, 9.17) is 10.00 Å². The number of rotatable bonds is 1. The second-order valence-electron chi connectivity index (χ2n) is 4.96. The van der Waals surface area contributed by atoms with Crippen LogP contribution >= 0.6 is 0 Å². The van der Waals surface area contributed by atoms with Crippen molar-refractivity contribution in [3.8, 4) is 12.1 Å². The summed E-state index contributed by atoms with van der Waals surface area (Å²) >= 11 is 0. The number of benzene rings is 1. The maximum Gasteiger partial charge on any atom is 0.416 e. The minimum atomic E-state index is -4.41. The van der Waals surface area contributed by atoms with Crippen LogP contribution in [0.15, 0.2) is 47.2 Å². The van der Waals surface area contributed by atoms with E-state index in [9.17, 15) is 18.4 Å². The first-order valence-corrected chi connectivity index (χ1v) is 6.32. The summed E-state index contributed by atoms with van der Waals surface area (Å²) < 4.78 is 43.5. The second kappa shape index (κ2) is 5.23. The van der Waals surface area contributed by atoms with Crippen LogP contribution in [0.1, 0.15) is 25.0 Å². The van der Waals surface area contributed by atoms with Crippen LogP contribution in [0.3, 0.4) is 0 Å². The summed E-state index contributed by atoms with van der Waals surface area (Å²) in [6, 6.07) is 8.32. The number of halogens is 3. The molecule has 0 radical (unpaired) electrons. The van der Waals surface area contributed by atoms with Gasteiger partial charge in [-0.05, 0) is 37.1 Å². The topological polar surface area (TPSA) is 56.8 Å². The number of ether oxygens (including phenoxy) is 1. The molecule has 1 aliphatic heterocycles. The molecule has 0 N–H and O–H groups in total. The van der Waals surface area contributed by atoms with Crippen LogP contribution in [0.25, 0.3) is 0 Å². The van der Waals surface area contributed by atoms with Crippen molar-refractivity contribution in [1.29, 1.82) is 10.5 Å². The number of hydrogen-bond acceptors (Lipinski definition) is 3. The van der Waals surface area contributed by atoms with E-state index >= 15 is 0 Å². The Morgan fingerprint density at radius 3 is 2.23 bits per heavy atom. The number of alkyl halides is 3. The highest BCUT2D eigenvalue weighted by Gasteiger charge is 2.41. The molecule has 2 rings (SSSR count). The van der Waals surface area contributed by atoms with E-state index in [1.165, 1.54) is 12.1 Å². The lowest BCUT2D eigenvalue weighted by atomic mass is 9.87. The summed E-state index contributed by atoms with van der Waals surface area (Å²) in [4.78, 5) is 0. The molecule has 112 valence electrons. The van der Waals surface area contributed by atoms with E-state index in [1.807, 2.05) is 6.07 Å². The summed E-state index contributed by atoms with van der Waals surface area (Å²) in [6.07, 6.45) is -3.30. The molecule has 3 nitrogen and oxygen atoms in total. The lowest BCUT2D eigenvalue weighted by Gasteiger charge is -2.27. The first kappa shape index (κ1) is 15.7. The quantitative estimate of drug-likeness (QED) is 0.731. The fraction of sp³-hybridized carbons (Fsp3) is 0.250. The van der Waals surface area contributed by atoms with Gasteiger partial charge in [0.05, 0.1) is 23.3 Å². The second-order valence-corrected chi connectivity index (χ2v) is 4.96. The summed E-state index contributed by atoms with van der Waals surface area (Å²) in [5, 5.41) is 17.9. The van der Waals surface area contributed by atoms with E-state index in [0.717, 1.165) is 18.2 Å². The van der Waals surface area contributed by atoms with Crippen molar-refractivity contribution >= 4 is 0 Å². The summed E-state index contributed by atoms with van der Waals surface area (Å²) in [6.45, 7) is 3.31. The van der Waals surface area contributed by atoms with Gasteiger partial charge in [-0.3, -0.25) is 0 Å². The molecule has 1 aromatic carbocycles. The van der Waals surface area contributed by atoms with Gasteiger partial charge >= 0.3 is 6.18 Å². The summed E-state index contributed by atoms with van der Waals surface area (Å²) in [5.74, 6) is 0.130. The first-order chi connectivity index (χ1) is 10.2. The number of nitriles is 2. The fourth-order valence-corrected chi connectivity index (χ4v) is 2.32. The predicted molar refractivity (Wildman–Crippen MR) is 71.9 cm³/mol. The third kappa shape index (κ3) is 2.44. The molecule has 0 spiro atoms. The molecule has 0 aromatic heterocycles. The van der Waals surface area contributed by atoms with Crippen LogP contribution in [-0.2, 0) is 16.5 Å². The largest absolute Gasteiger partial charge is 0.476 e. The predicted octanol–water partition coefficient (Wildman–Crippen LogP) is 4.20. The molecular weight excluding hydrogens is 293 g/mol. The van der Waals surface area contributed by atoms with E-state index in [-0.39, 0.29) is 11.3 Å². The van der Waals surface area contributed by atoms with Crippen molar-refractivity contribution < 1.29 is 17.9 Å². The average molecular weight is 304 g/mol. The molecule has 0 aliphatic carbocycles. The van der Waals surface area contributed by atoms with E-state index in [1.54, 1.807) is 19.9 Å².